The molecule has 180 valence electrons. The summed E-state index contributed by atoms with van der Waals surface area (Å²) in [6.07, 6.45) is 5.45. The first-order valence-corrected chi connectivity index (χ1v) is 12.5. The van der Waals surface area contributed by atoms with Crippen molar-refractivity contribution in [1.82, 2.24) is 25.2 Å². The molecule has 2 aliphatic heterocycles. The van der Waals surface area contributed by atoms with E-state index in [9.17, 15) is 9.90 Å². The van der Waals surface area contributed by atoms with Gasteiger partial charge < -0.3 is 14.7 Å². The third-order valence-electron chi connectivity index (χ3n) is 6.61. The third-order valence-corrected chi connectivity index (χ3v) is 8.01. The highest BCUT2D eigenvalue weighted by Crippen LogP contribution is 2.43. The Bertz CT molecular complexity index is 1210. The molecule has 2 aliphatic rings. The lowest BCUT2D eigenvalue weighted by Crippen LogP contribution is -2.49. The summed E-state index contributed by atoms with van der Waals surface area (Å²) in [7, 11) is 0. The molecule has 1 saturated heterocycles. The first-order chi connectivity index (χ1) is 16.2. The summed E-state index contributed by atoms with van der Waals surface area (Å²) in [5.74, 6) is 0.308. The zero-order valence-electron chi connectivity index (χ0n) is 19.4. The lowest BCUT2D eigenvalue weighted by Gasteiger charge is -2.44. The second kappa shape index (κ2) is 8.49. The molecule has 0 aliphatic carbocycles. The molecule has 4 heterocycles. The minimum atomic E-state index is -0.987. The second-order valence-corrected chi connectivity index (χ2v) is 11.5. The molecule has 1 aromatic carbocycles. The number of halogens is 1. The van der Waals surface area contributed by atoms with Crippen molar-refractivity contribution in [2.24, 2.45) is 5.41 Å². The average Bonchev–Trinajstić information content (AvgIpc) is 3.43. The molecule has 0 bridgehead atoms. The number of carbonyl (C=O) groups is 1. The molecule has 1 atom stereocenters. The standard InChI is InChI=1S/C23H27ClN6O3S/c1-22(2,3)18(20(31)32)30-27-19(26-28-30)17-13-25-21(34-17)29-11-9-23(10-12-29)8-7-14-15(24)5-4-6-16(14)33-23/h4-6,13,18H,7-12H2,1-3H3,(H,31,32). The van der Waals surface area contributed by atoms with E-state index in [0.29, 0.717) is 5.82 Å². The van der Waals surface area contributed by atoms with Gasteiger partial charge in [-0.15, -0.1) is 15.0 Å². The van der Waals surface area contributed by atoms with Crippen LogP contribution in [0.3, 0.4) is 0 Å². The average molecular weight is 503 g/mol. The van der Waals surface area contributed by atoms with Crippen LogP contribution in [0.4, 0.5) is 5.13 Å². The number of aromatic nitrogens is 5. The van der Waals surface area contributed by atoms with Crippen LogP contribution in [0.25, 0.3) is 10.7 Å². The summed E-state index contributed by atoms with van der Waals surface area (Å²) in [6.45, 7) is 7.20. The van der Waals surface area contributed by atoms with E-state index in [2.05, 4.69) is 25.3 Å². The molecule has 9 nitrogen and oxygen atoms in total. The summed E-state index contributed by atoms with van der Waals surface area (Å²) in [6, 6.07) is 4.96. The summed E-state index contributed by atoms with van der Waals surface area (Å²) < 4.78 is 6.46. The molecule has 34 heavy (non-hydrogen) atoms. The normalized spacial score (nSPS) is 18.4. The fourth-order valence-electron chi connectivity index (χ4n) is 4.74. The van der Waals surface area contributed by atoms with Gasteiger partial charge in [-0.1, -0.05) is 49.8 Å². The van der Waals surface area contributed by atoms with Gasteiger partial charge in [-0.2, -0.15) is 0 Å². The second-order valence-electron chi connectivity index (χ2n) is 10.0. The minimum absolute atomic E-state index is 0.155. The van der Waals surface area contributed by atoms with E-state index in [4.69, 9.17) is 16.3 Å². The fraction of sp³-hybridized carbons (Fsp3) is 0.522. The lowest BCUT2D eigenvalue weighted by atomic mass is 9.83. The molecule has 1 N–H and O–H groups in total. The Labute approximate surface area is 206 Å². The highest BCUT2D eigenvalue weighted by molar-refractivity contribution is 7.18. The van der Waals surface area contributed by atoms with E-state index in [-0.39, 0.29) is 5.60 Å². The number of thiazole rings is 1. The van der Waals surface area contributed by atoms with Crippen molar-refractivity contribution in [1.29, 1.82) is 0 Å². The maximum atomic E-state index is 11.8. The molecule has 1 fully saturated rings. The van der Waals surface area contributed by atoms with E-state index >= 15 is 0 Å². The van der Waals surface area contributed by atoms with Gasteiger partial charge in [0.1, 0.15) is 11.4 Å². The van der Waals surface area contributed by atoms with Crippen LogP contribution in [0, 0.1) is 5.41 Å². The maximum Gasteiger partial charge on any atom is 0.331 e. The maximum absolute atomic E-state index is 11.8. The number of fused-ring (bicyclic) bond motifs is 1. The minimum Gasteiger partial charge on any atom is -0.487 e. The van der Waals surface area contributed by atoms with Crippen molar-refractivity contribution in [2.45, 2.75) is 58.1 Å². The van der Waals surface area contributed by atoms with Crippen LogP contribution in [0.5, 0.6) is 5.75 Å². The van der Waals surface area contributed by atoms with Crippen LogP contribution >= 0.6 is 22.9 Å². The monoisotopic (exact) mass is 502 g/mol. The van der Waals surface area contributed by atoms with Crippen molar-refractivity contribution in [3.63, 3.8) is 0 Å². The lowest BCUT2D eigenvalue weighted by molar-refractivity contribution is -0.145. The Balaban J connectivity index is 1.27. The van der Waals surface area contributed by atoms with Crippen LogP contribution < -0.4 is 9.64 Å². The van der Waals surface area contributed by atoms with Gasteiger partial charge in [0.25, 0.3) is 0 Å². The number of aliphatic carboxylic acids is 1. The van der Waals surface area contributed by atoms with Gasteiger partial charge >= 0.3 is 5.97 Å². The van der Waals surface area contributed by atoms with Crippen LogP contribution in [0.1, 0.15) is 51.6 Å². The molecule has 2 aromatic heterocycles. The first kappa shape index (κ1) is 23.0. The Hall–Kier alpha value is -2.72. The summed E-state index contributed by atoms with van der Waals surface area (Å²) in [5.41, 5.74) is 0.399. The number of benzene rings is 1. The number of carboxylic acid groups (broad SMARTS) is 1. The van der Waals surface area contributed by atoms with E-state index in [1.807, 2.05) is 39.0 Å². The number of carboxylic acids is 1. The molecule has 0 amide bonds. The van der Waals surface area contributed by atoms with Gasteiger partial charge in [-0.3, -0.25) is 0 Å². The fourth-order valence-corrected chi connectivity index (χ4v) is 5.89. The van der Waals surface area contributed by atoms with Crippen molar-refractivity contribution in [2.75, 3.05) is 18.0 Å². The predicted molar refractivity (Wildman–Crippen MR) is 130 cm³/mol. The Kier molecular flexibility index (Phi) is 5.76. The molecule has 0 radical (unpaired) electrons. The van der Waals surface area contributed by atoms with Crippen LogP contribution in [0.15, 0.2) is 24.4 Å². The molecule has 0 saturated carbocycles. The van der Waals surface area contributed by atoms with Gasteiger partial charge in [0, 0.05) is 36.5 Å². The van der Waals surface area contributed by atoms with E-state index in [0.717, 1.165) is 65.1 Å². The largest absolute Gasteiger partial charge is 0.487 e. The number of ether oxygens (including phenoxy) is 1. The van der Waals surface area contributed by atoms with Crippen LogP contribution in [-0.4, -0.2) is 55.0 Å². The highest BCUT2D eigenvalue weighted by atomic mass is 35.5. The molecule has 1 spiro atoms. The summed E-state index contributed by atoms with van der Waals surface area (Å²) >= 11 is 7.83. The van der Waals surface area contributed by atoms with E-state index in [1.54, 1.807) is 6.20 Å². The zero-order valence-corrected chi connectivity index (χ0v) is 20.9. The Morgan fingerprint density at radius 1 is 1.26 bits per heavy atom. The van der Waals surface area contributed by atoms with Crippen molar-refractivity contribution < 1.29 is 14.6 Å². The van der Waals surface area contributed by atoms with Gasteiger partial charge in [0.2, 0.25) is 5.82 Å². The van der Waals surface area contributed by atoms with Crippen molar-refractivity contribution >= 4 is 34.0 Å². The van der Waals surface area contributed by atoms with Crippen molar-refractivity contribution in [3.8, 4) is 16.5 Å². The molecular weight excluding hydrogens is 476 g/mol. The highest BCUT2D eigenvalue weighted by Gasteiger charge is 2.40. The van der Waals surface area contributed by atoms with Gasteiger partial charge in [-0.25, -0.2) is 9.78 Å². The van der Waals surface area contributed by atoms with E-state index < -0.39 is 17.4 Å². The number of nitrogens with zero attached hydrogens (tertiary/aromatic N) is 6. The van der Waals surface area contributed by atoms with Crippen molar-refractivity contribution in [3.05, 3.63) is 35.0 Å². The smallest absolute Gasteiger partial charge is 0.331 e. The van der Waals surface area contributed by atoms with Gasteiger partial charge in [0.15, 0.2) is 11.2 Å². The number of piperidine rings is 1. The molecular formula is C23H27ClN6O3S. The number of hydrogen-bond acceptors (Lipinski definition) is 8. The Morgan fingerprint density at radius 3 is 2.74 bits per heavy atom. The summed E-state index contributed by atoms with van der Waals surface area (Å²) in [4.78, 5) is 20.5. The van der Waals surface area contributed by atoms with Crippen LogP contribution in [0.2, 0.25) is 5.02 Å². The van der Waals surface area contributed by atoms with Crippen LogP contribution in [-0.2, 0) is 11.2 Å². The summed E-state index contributed by atoms with van der Waals surface area (Å²) in [5, 5.41) is 23.8. The topological polar surface area (TPSA) is 106 Å². The third kappa shape index (κ3) is 4.24. The molecule has 5 rings (SSSR count). The quantitative estimate of drug-likeness (QED) is 0.556. The SMILES string of the molecule is CC(C)(C)C(C(=O)O)n1nnc(-c2cnc(N3CCC4(CCc5c(Cl)cccc5O4)CC3)s2)n1. The number of tetrazole rings is 1. The number of hydrogen-bond donors (Lipinski definition) is 1. The Morgan fingerprint density at radius 2 is 2.03 bits per heavy atom. The first-order valence-electron chi connectivity index (χ1n) is 11.4. The molecule has 11 heteroatoms. The zero-order chi connectivity index (χ0) is 24.1. The number of rotatable bonds is 4. The predicted octanol–water partition coefficient (Wildman–Crippen LogP) is 4.49. The van der Waals surface area contributed by atoms with E-state index in [1.165, 1.54) is 16.1 Å². The van der Waals surface area contributed by atoms with Gasteiger partial charge in [-0.05, 0) is 35.6 Å². The molecule has 3 aromatic rings. The molecule has 1 unspecified atom stereocenters. The van der Waals surface area contributed by atoms with Gasteiger partial charge in [0.05, 0.1) is 11.1 Å². The number of anilines is 1.